The minimum Gasteiger partial charge on any atom is -0.408 e. The molecule has 7 heteroatoms. The van der Waals surface area contributed by atoms with E-state index in [1.54, 1.807) is 12.1 Å². The van der Waals surface area contributed by atoms with Crippen LogP contribution in [-0.4, -0.2) is 30.4 Å². The molecule has 0 atom stereocenters. The molecule has 1 saturated heterocycles. The number of aromatic nitrogens is 1. The van der Waals surface area contributed by atoms with E-state index in [0.29, 0.717) is 30.7 Å². The number of hydrogen-bond acceptors (Lipinski definition) is 4. The molecule has 2 aromatic carbocycles. The smallest absolute Gasteiger partial charge is 0.408 e. The van der Waals surface area contributed by atoms with Gasteiger partial charge in [-0.25, -0.2) is 13.2 Å². The lowest BCUT2D eigenvalue weighted by Gasteiger charge is -2.25. The van der Waals surface area contributed by atoms with E-state index < -0.39 is 15.8 Å². The number of rotatable bonds is 4. The van der Waals surface area contributed by atoms with Gasteiger partial charge in [-0.1, -0.05) is 36.2 Å². The number of sulfonamides is 1. The normalized spacial score (nSPS) is 16.0. The standard InChI is InChI=1S/C20H22N2O4S/c1-15-5-7-16(8-6-15)14-22-18-10-9-17(13-19(18)26-20(22)23)27(24,25)21-11-3-2-4-12-21/h5-10,13H,2-4,11-12,14H2,1H3. The molecule has 142 valence electrons. The number of aryl methyl sites for hydroxylation is 1. The zero-order valence-electron chi connectivity index (χ0n) is 15.2. The summed E-state index contributed by atoms with van der Waals surface area (Å²) >= 11 is 0. The van der Waals surface area contributed by atoms with Crippen LogP contribution in [-0.2, 0) is 16.6 Å². The zero-order chi connectivity index (χ0) is 19.0. The molecule has 6 nitrogen and oxygen atoms in total. The molecule has 0 bridgehead atoms. The van der Waals surface area contributed by atoms with Crippen molar-refractivity contribution in [2.24, 2.45) is 0 Å². The number of piperidine rings is 1. The molecule has 3 aromatic rings. The molecule has 0 aliphatic carbocycles. The Hall–Kier alpha value is -2.38. The third-order valence-electron chi connectivity index (χ3n) is 5.05. The molecule has 0 amide bonds. The molecule has 4 rings (SSSR count). The molecule has 1 aliphatic rings. The van der Waals surface area contributed by atoms with Crippen molar-refractivity contribution in [3.8, 4) is 0 Å². The Labute approximate surface area is 158 Å². The van der Waals surface area contributed by atoms with Crippen molar-refractivity contribution in [2.45, 2.75) is 37.6 Å². The summed E-state index contributed by atoms with van der Waals surface area (Å²) in [6.45, 7) is 3.47. The Kier molecular flexibility index (Phi) is 4.65. The van der Waals surface area contributed by atoms with Crippen LogP contribution < -0.4 is 5.76 Å². The number of fused-ring (bicyclic) bond motifs is 1. The average molecular weight is 386 g/mol. The molecule has 1 aromatic heterocycles. The summed E-state index contributed by atoms with van der Waals surface area (Å²) < 4.78 is 34.1. The van der Waals surface area contributed by atoms with Crippen molar-refractivity contribution in [3.63, 3.8) is 0 Å². The Bertz CT molecular complexity index is 1120. The van der Waals surface area contributed by atoms with Gasteiger partial charge in [-0.2, -0.15) is 4.31 Å². The largest absolute Gasteiger partial charge is 0.420 e. The van der Waals surface area contributed by atoms with Crippen LogP contribution in [0.4, 0.5) is 0 Å². The van der Waals surface area contributed by atoms with Crippen LogP contribution in [0.5, 0.6) is 0 Å². The van der Waals surface area contributed by atoms with E-state index in [1.807, 2.05) is 31.2 Å². The topological polar surface area (TPSA) is 72.5 Å². The molecule has 27 heavy (non-hydrogen) atoms. The van der Waals surface area contributed by atoms with Gasteiger partial charge < -0.3 is 4.42 Å². The van der Waals surface area contributed by atoms with E-state index >= 15 is 0 Å². The summed E-state index contributed by atoms with van der Waals surface area (Å²) in [6.07, 6.45) is 2.81. The Balaban J connectivity index is 1.70. The molecular formula is C20H22N2O4S. The van der Waals surface area contributed by atoms with E-state index in [2.05, 4.69) is 0 Å². The van der Waals surface area contributed by atoms with Gasteiger partial charge >= 0.3 is 5.76 Å². The first-order valence-corrected chi connectivity index (χ1v) is 10.6. The molecule has 0 saturated carbocycles. The number of nitrogens with zero attached hydrogens (tertiary/aromatic N) is 2. The quantitative estimate of drug-likeness (QED) is 0.691. The summed E-state index contributed by atoms with van der Waals surface area (Å²) in [6, 6.07) is 12.6. The molecule has 0 radical (unpaired) electrons. The van der Waals surface area contributed by atoms with Crippen molar-refractivity contribution >= 4 is 21.1 Å². The number of benzene rings is 2. The predicted molar refractivity (Wildman–Crippen MR) is 103 cm³/mol. The minimum atomic E-state index is -3.56. The maximum Gasteiger partial charge on any atom is 0.420 e. The highest BCUT2D eigenvalue weighted by atomic mass is 32.2. The second-order valence-corrected chi connectivity index (χ2v) is 8.97. The second kappa shape index (κ2) is 6.98. The summed E-state index contributed by atoms with van der Waals surface area (Å²) in [5, 5.41) is 0. The van der Waals surface area contributed by atoms with Crippen molar-refractivity contribution in [3.05, 3.63) is 64.1 Å². The monoisotopic (exact) mass is 386 g/mol. The lowest BCUT2D eigenvalue weighted by atomic mass is 10.1. The molecule has 2 heterocycles. The maximum absolute atomic E-state index is 12.8. The highest BCUT2D eigenvalue weighted by Crippen LogP contribution is 2.24. The molecule has 0 N–H and O–H groups in total. The van der Waals surface area contributed by atoms with Crippen molar-refractivity contribution < 1.29 is 12.8 Å². The minimum absolute atomic E-state index is 0.174. The summed E-state index contributed by atoms with van der Waals surface area (Å²) in [4.78, 5) is 12.5. The summed E-state index contributed by atoms with van der Waals surface area (Å²) in [7, 11) is -3.56. The van der Waals surface area contributed by atoms with Gasteiger partial charge in [0.2, 0.25) is 10.0 Å². The molecule has 1 fully saturated rings. The first-order valence-electron chi connectivity index (χ1n) is 9.14. The summed E-state index contributed by atoms with van der Waals surface area (Å²) in [5.41, 5.74) is 3.02. The zero-order valence-corrected chi connectivity index (χ0v) is 16.0. The number of hydrogen-bond donors (Lipinski definition) is 0. The van der Waals surface area contributed by atoms with Crippen LogP contribution in [0.1, 0.15) is 30.4 Å². The van der Waals surface area contributed by atoms with Gasteiger partial charge in [-0.15, -0.1) is 0 Å². The first-order chi connectivity index (χ1) is 12.9. The van der Waals surface area contributed by atoms with Gasteiger partial charge in [0, 0.05) is 19.2 Å². The van der Waals surface area contributed by atoms with Crippen LogP contribution in [0.15, 0.2) is 56.6 Å². The van der Waals surface area contributed by atoms with Crippen molar-refractivity contribution in [1.82, 2.24) is 8.87 Å². The van der Waals surface area contributed by atoms with Gasteiger partial charge in [-0.05, 0) is 37.5 Å². The van der Waals surface area contributed by atoms with Gasteiger partial charge in [-0.3, -0.25) is 4.57 Å². The van der Waals surface area contributed by atoms with E-state index in [0.717, 1.165) is 30.4 Å². The van der Waals surface area contributed by atoms with Crippen molar-refractivity contribution in [2.75, 3.05) is 13.1 Å². The van der Waals surface area contributed by atoms with Crippen LogP contribution in [0.2, 0.25) is 0 Å². The molecule has 0 unspecified atom stereocenters. The summed E-state index contributed by atoms with van der Waals surface area (Å²) in [5.74, 6) is -0.488. The highest BCUT2D eigenvalue weighted by Gasteiger charge is 2.26. The fourth-order valence-corrected chi connectivity index (χ4v) is 5.02. The Morgan fingerprint density at radius 1 is 1.00 bits per heavy atom. The van der Waals surface area contributed by atoms with E-state index in [-0.39, 0.29) is 4.90 Å². The Morgan fingerprint density at radius 2 is 1.70 bits per heavy atom. The third kappa shape index (κ3) is 3.44. The van der Waals surface area contributed by atoms with Crippen LogP contribution >= 0.6 is 0 Å². The van der Waals surface area contributed by atoms with E-state index in [1.165, 1.54) is 14.9 Å². The lowest BCUT2D eigenvalue weighted by Crippen LogP contribution is -2.35. The molecular weight excluding hydrogens is 364 g/mol. The Morgan fingerprint density at radius 3 is 2.41 bits per heavy atom. The second-order valence-electron chi connectivity index (χ2n) is 7.03. The molecule has 1 aliphatic heterocycles. The van der Waals surface area contributed by atoms with Crippen LogP contribution in [0, 0.1) is 6.92 Å². The lowest BCUT2D eigenvalue weighted by molar-refractivity contribution is 0.346. The van der Waals surface area contributed by atoms with Gasteiger partial charge in [0.1, 0.15) is 0 Å². The maximum atomic E-state index is 12.8. The van der Waals surface area contributed by atoms with E-state index in [4.69, 9.17) is 4.42 Å². The average Bonchev–Trinajstić information content (AvgIpc) is 2.99. The third-order valence-corrected chi connectivity index (χ3v) is 6.95. The van der Waals surface area contributed by atoms with Crippen LogP contribution in [0.25, 0.3) is 11.1 Å². The number of oxazole rings is 1. The fraction of sp³-hybridized carbons (Fsp3) is 0.350. The van der Waals surface area contributed by atoms with Crippen LogP contribution in [0.3, 0.4) is 0 Å². The van der Waals surface area contributed by atoms with E-state index in [9.17, 15) is 13.2 Å². The van der Waals surface area contributed by atoms with Crippen molar-refractivity contribution in [1.29, 1.82) is 0 Å². The van der Waals surface area contributed by atoms with Gasteiger partial charge in [0.05, 0.1) is 17.0 Å². The van der Waals surface area contributed by atoms with Gasteiger partial charge in [0.25, 0.3) is 0 Å². The SMILES string of the molecule is Cc1ccc(Cn2c(=O)oc3cc(S(=O)(=O)N4CCCCC4)ccc32)cc1. The molecule has 0 spiro atoms. The predicted octanol–water partition coefficient (Wildman–Crippen LogP) is 3.13. The highest BCUT2D eigenvalue weighted by molar-refractivity contribution is 7.89. The first kappa shape index (κ1) is 18.0. The fourth-order valence-electron chi connectivity index (χ4n) is 3.49. The van der Waals surface area contributed by atoms with Gasteiger partial charge in [0.15, 0.2) is 5.58 Å².